The third-order valence-electron chi connectivity index (χ3n) is 12.8. The summed E-state index contributed by atoms with van der Waals surface area (Å²) in [5.41, 5.74) is 6.58. The monoisotopic (exact) mass is 941 g/mol. The molecule has 19 nitrogen and oxygen atoms in total. The maximum Gasteiger partial charge on any atom is 0.404 e. The third-order valence-corrected chi connectivity index (χ3v) is 12.8. The minimum atomic E-state index is -1.05. The number of carbonyl (C=O) groups excluding carboxylic acids is 4. The SMILES string of the molecule is CO[C@H]([C@H](C)/C=C/N(C)C=O)[C@@H](C)C(=O)CC[C@H](C)[C@H](C[C@@H]1OC(=O)C[C@@H](OC(N)=O)C[C@H](C)C[C@@H](O)[C@H](C)[C@@H](OC)c2coc(n2)-c2coc(n2)-c2coc(n2)/C=C/C[C@H](OC)[C@H]1C)OC. The highest BCUT2D eigenvalue weighted by Gasteiger charge is 2.36. The second kappa shape index (κ2) is 26.4. The lowest BCUT2D eigenvalue weighted by atomic mass is 9.84. The fraction of sp³-hybridized carbons (Fsp3) is 0.646. The molecule has 6 bridgehead atoms. The van der Waals surface area contributed by atoms with Crippen LogP contribution in [-0.4, -0.2) is 121 Å². The van der Waals surface area contributed by atoms with Gasteiger partial charge in [-0.25, -0.2) is 19.7 Å². The molecular weight excluding hydrogens is 871 g/mol. The van der Waals surface area contributed by atoms with Crippen LogP contribution in [0.25, 0.3) is 29.2 Å². The van der Waals surface area contributed by atoms with Crippen molar-refractivity contribution in [3.05, 3.63) is 48.7 Å². The highest BCUT2D eigenvalue weighted by molar-refractivity contribution is 5.81. The van der Waals surface area contributed by atoms with Crippen LogP contribution in [0.5, 0.6) is 0 Å². The molecule has 19 heteroatoms. The Morgan fingerprint density at radius 3 is 2.28 bits per heavy atom. The zero-order valence-electron chi connectivity index (χ0n) is 40.7. The van der Waals surface area contributed by atoms with Crippen molar-refractivity contribution >= 4 is 30.3 Å². The molecule has 0 saturated carbocycles. The largest absolute Gasteiger partial charge is 0.462 e. The number of amides is 2. The van der Waals surface area contributed by atoms with Gasteiger partial charge < -0.3 is 57.4 Å². The summed E-state index contributed by atoms with van der Waals surface area (Å²) in [6.45, 7) is 11.4. The van der Waals surface area contributed by atoms with Crippen LogP contribution >= 0.6 is 0 Å². The third kappa shape index (κ3) is 15.7. The number of cyclic esters (lactones) is 1. The van der Waals surface area contributed by atoms with Crippen molar-refractivity contribution in [2.24, 2.45) is 41.2 Å². The molecule has 1 aliphatic rings. The zero-order chi connectivity index (χ0) is 49.4. The van der Waals surface area contributed by atoms with Gasteiger partial charge in [-0.1, -0.05) is 53.7 Å². The smallest absolute Gasteiger partial charge is 0.404 e. The Kier molecular flexibility index (Phi) is 21.4. The number of Topliss-reactive ketones (excluding diaryl/α,β-unsaturated/α-hetero) is 1. The van der Waals surface area contributed by atoms with E-state index in [4.69, 9.17) is 47.4 Å². The lowest BCUT2D eigenvalue weighted by Crippen LogP contribution is -2.39. The van der Waals surface area contributed by atoms with Crippen LogP contribution in [0.15, 0.2) is 50.4 Å². The molecule has 0 aliphatic carbocycles. The molecule has 1 aliphatic heterocycles. The molecule has 0 fully saturated rings. The van der Waals surface area contributed by atoms with Crippen LogP contribution in [0.4, 0.5) is 4.79 Å². The van der Waals surface area contributed by atoms with E-state index in [9.17, 15) is 24.3 Å². The minimum Gasteiger partial charge on any atom is -0.462 e. The predicted molar refractivity (Wildman–Crippen MR) is 244 cm³/mol. The predicted octanol–water partition coefficient (Wildman–Crippen LogP) is 7.20. The summed E-state index contributed by atoms with van der Waals surface area (Å²) in [7, 11) is 7.86. The first kappa shape index (κ1) is 54.4. The topological polar surface area (TPSA) is 251 Å². The Balaban J connectivity index is 1.60. The number of aliphatic hydroxyl groups excluding tert-OH is 1. The molecule has 372 valence electrons. The van der Waals surface area contributed by atoms with E-state index in [1.807, 2.05) is 53.7 Å². The Bertz CT molecular complexity index is 2060. The number of aromatic nitrogens is 3. The number of esters is 1. The van der Waals surface area contributed by atoms with E-state index in [1.165, 1.54) is 30.8 Å². The van der Waals surface area contributed by atoms with Gasteiger partial charge in [0.05, 0.1) is 30.8 Å². The van der Waals surface area contributed by atoms with Crippen LogP contribution in [0.1, 0.15) is 104 Å². The Hall–Kier alpha value is -5.21. The fourth-order valence-electron chi connectivity index (χ4n) is 8.69. The molecule has 0 spiro atoms. The highest BCUT2D eigenvalue weighted by atomic mass is 16.6. The van der Waals surface area contributed by atoms with Gasteiger partial charge in [-0.2, -0.15) is 0 Å². The average Bonchev–Trinajstić information content (AvgIpc) is 4.09. The molecular formula is C48H71N5O14. The summed E-state index contributed by atoms with van der Waals surface area (Å²) in [6, 6.07) is 0. The average molecular weight is 942 g/mol. The molecule has 13 atom stereocenters. The van der Waals surface area contributed by atoms with E-state index < -0.39 is 72.5 Å². The zero-order valence-corrected chi connectivity index (χ0v) is 40.7. The van der Waals surface area contributed by atoms with Crippen molar-refractivity contribution in [3.8, 4) is 23.2 Å². The van der Waals surface area contributed by atoms with Crippen molar-refractivity contribution in [2.75, 3.05) is 35.5 Å². The van der Waals surface area contributed by atoms with E-state index in [-0.39, 0.29) is 73.3 Å². The Morgan fingerprint density at radius 2 is 1.63 bits per heavy atom. The number of carbonyl (C=O) groups is 4. The van der Waals surface area contributed by atoms with Crippen molar-refractivity contribution in [1.82, 2.24) is 19.9 Å². The molecule has 3 aromatic rings. The number of primary amides is 1. The number of nitrogens with two attached hydrogens (primary N) is 1. The lowest BCUT2D eigenvalue weighted by Gasteiger charge is -2.34. The summed E-state index contributed by atoms with van der Waals surface area (Å²) in [5, 5.41) is 11.4. The number of hydrogen-bond donors (Lipinski definition) is 2. The molecule has 0 saturated heterocycles. The highest BCUT2D eigenvalue weighted by Crippen LogP contribution is 2.34. The summed E-state index contributed by atoms with van der Waals surface area (Å²) in [4.78, 5) is 65.7. The van der Waals surface area contributed by atoms with Gasteiger partial charge in [-0.05, 0) is 43.6 Å². The Morgan fingerprint density at radius 1 is 0.940 bits per heavy atom. The van der Waals surface area contributed by atoms with E-state index in [2.05, 4.69) is 15.0 Å². The first-order valence-corrected chi connectivity index (χ1v) is 22.8. The molecule has 3 aromatic heterocycles. The second-order valence-electron chi connectivity index (χ2n) is 17.9. The number of oxazole rings is 3. The number of methoxy groups -OCH3 is 4. The van der Waals surface area contributed by atoms with Gasteiger partial charge in [-0.15, -0.1) is 0 Å². The molecule has 4 heterocycles. The molecule has 2 amide bonds. The molecule has 3 N–H and O–H groups in total. The summed E-state index contributed by atoms with van der Waals surface area (Å²) >= 11 is 0. The van der Waals surface area contributed by atoms with Gasteiger partial charge in [0.2, 0.25) is 24.1 Å². The van der Waals surface area contributed by atoms with Crippen molar-refractivity contribution in [1.29, 1.82) is 0 Å². The van der Waals surface area contributed by atoms with E-state index in [0.29, 0.717) is 36.3 Å². The number of hydrogen-bond acceptors (Lipinski definition) is 17. The normalized spacial score (nSPS) is 26.2. The van der Waals surface area contributed by atoms with Gasteiger partial charge in [0.1, 0.15) is 48.6 Å². The van der Waals surface area contributed by atoms with Crippen LogP contribution in [0.2, 0.25) is 0 Å². The Labute approximate surface area is 393 Å². The first-order chi connectivity index (χ1) is 31.9. The number of nitrogens with zero attached hydrogens (tertiary/aromatic N) is 4. The molecule has 4 rings (SSSR count). The quantitative estimate of drug-likeness (QED) is 0.100. The number of rotatable bonds is 17. The minimum absolute atomic E-state index is 0.0194. The van der Waals surface area contributed by atoms with E-state index in [0.717, 1.165) is 0 Å². The maximum atomic E-state index is 14.0. The van der Waals surface area contributed by atoms with Crippen LogP contribution in [0, 0.1) is 35.5 Å². The summed E-state index contributed by atoms with van der Waals surface area (Å²) in [6.07, 6.45) is 7.75. The molecule has 67 heavy (non-hydrogen) atoms. The molecule has 0 unspecified atom stereocenters. The number of fused-ring (bicyclic) bond motifs is 8. The van der Waals surface area contributed by atoms with Gasteiger partial charge in [0, 0.05) is 78.2 Å². The second-order valence-corrected chi connectivity index (χ2v) is 17.9. The van der Waals surface area contributed by atoms with Crippen molar-refractivity contribution in [2.45, 2.75) is 129 Å². The van der Waals surface area contributed by atoms with Crippen LogP contribution in [-0.2, 0) is 42.8 Å². The van der Waals surface area contributed by atoms with Gasteiger partial charge >= 0.3 is 12.1 Å². The van der Waals surface area contributed by atoms with Crippen LogP contribution < -0.4 is 5.73 Å². The van der Waals surface area contributed by atoms with Crippen molar-refractivity contribution in [3.63, 3.8) is 0 Å². The van der Waals surface area contributed by atoms with Crippen molar-refractivity contribution < 1.29 is 66.0 Å². The fourth-order valence-corrected chi connectivity index (χ4v) is 8.69. The molecule has 0 radical (unpaired) electrons. The van der Waals surface area contributed by atoms with E-state index in [1.54, 1.807) is 40.7 Å². The number of aliphatic hydroxyl groups is 1. The lowest BCUT2D eigenvalue weighted by molar-refractivity contribution is -0.160. The van der Waals surface area contributed by atoms with Gasteiger partial charge in [-0.3, -0.25) is 14.4 Å². The van der Waals surface area contributed by atoms with Crippen LogP contribution in [0.3, 0.4) is 0 Å². The van der Waals surface area contributed by atoms with Gasteiger partial charge in [0.15, 0.2) is 11.4 Å². The van der Waals surface area contributed by atoms with Gasteiger partial charge in [0.25, 0.3) is 0 Å². The summed E-state index contributed by atoms with van der Waals surface area (Å²) in [5.74, 6) is -1.84. The maximum absolute atomic E-state index is 14.0. The summed E-state index contributed by atoms with van der Waals surface area (Å²) < 4.78 is 52.4. The molecule has 0 aromatic carbocycles. The van der Waals surface area contributed by atoms with E-state index >= 15 is 0 Å². The standard InChI is InChI=1S/C48H71N5O14/c1-27-19-33(66-48(49)58)21-43(57)67-41(22-40(60-9)28(2)15-16-37(55)30(4)44(61-10)29(3)17-18-53(7)26-54)32(6)39(59-8)13-12-14-42-50-35(24-63-42)46-52-36(25-65-46)47-51-34(23-64-47)45(62-11)31(5)38(56)20-27/h12,14,17-18,23-33,38-41,44-45,56H,13,15-16,19-22H2,1-11H3,(H2,49,58)/b14-12+,18-17+/t27-,28-,29+,30-,31-,32+,33-,38+,39-,40-,41-,44+,45+/m0/s1. The number of ether oxygens (including phenoxy) is 6. The number of ketones is 1. The first-order valence-electron chi connectivity index (χ1n) is 22.8.